The fraction of sp³-hybridized carbons (Fsp3) is 0.292. The Kier molecular flexibility index (Phi) is 5.71. The Morgan fingerprint density at radius 3 is 2.22 bits per heavy atom. The van der Waals surface area contributed by atoms with Crippen LogP contribution in [0.2, 0.25) is 0 Å². The number of pyridine rings is 1. The van der Waals surface area contributed by atoms with Crippen LogP contribution in [-0.4, -0.2) is 49.7 Å². The number of hydrogen-bond donors (Lipinski definition) is 0. The van der Waals surface area contributed by atoms with Gasteiger partial charge in [0.25, 0.3) is 0 Å². The summed E-state index contributed by atoms with van der Waals surface area (Å²) in [6.07, 6.45) is 0. The molecule has 2 aromatic carbocycles. The lowest BCUT2D eigenvalue weighted by Crippen LogP contribution is -2.49. The molecule has 0 aliphatic carbocycles. The molecular formula is C24H24N4O3S. The van der Waals surface area contributed by atoms with Gasteiger partial charge >= 0.3 is 0 Å². The molecule has 8 heteroatoms. The lowest BCUT2D eigenvalue weighted by atomic mass is 10.0. The average Bonchev–Trinajstić information content (AvgIpc) is 2.79. The summed E-state index contributed by atoms with van der Waals surface area (Å²) in [5, 5.41) is 10.6. The molecule has 32 heavy (non-hydrogen) atoms. The quantitative estimate of drug-likeness (QED) is 0.568. The van der Waals surface area contributed by atoms with Gasteiger partial charge in [-0.2, -0.15) is 9.57 Å². The predicted octanol–water partition coefficient (Wildman–Crippen LogP) is 3.44. The first-order valence-electron chi connectivity index (χ1n) is 10.4. The first-order chi connectivity index (χ1) is 15.2. The summed E-state index contributed by atoms with van der Waals surface area (Å²) in [6, 6.07) is 14.2. The Morgan fingerprint density at radius 2 is 1.62 bits per heavy atom. The number of ketones is 1. The molecule has 0 radical (unpaired) electrons. The first-order valence-corrected chi connectivity index (χ1v) is 11.8. The van der Waals surface area contributed by atoms with Crippen LogP contribution in [0.1, 0.15) is 34.0 Å². The minimum Gasteiger partial charge on any atom is -0.353 e. The SMILES string of the molecule is CC(=O)c1ccc(S(=O)(=O)N2CCN(c3nc4cc(C)c(C)cc4cc3C#N)CC2)cc1. The molecule has 7 nitrogen and oxygen atoms in total. The molecule has 0 saturated carbocycles. The zero-order chi connectivity index (χ0) is 23.0. The number of rotatable bonds is 4. The van der Waals surface area contributed by atoms with Gasteiger partial charge in [-0.25, -0.2) is 13.4 Å². The smallest absolute Gasteiger partial charge is 0.243 e. The molecule has 0 amide bonds. The number of Topliss-reactive ketones (excluding diaryl/α,β-unsaturated/α-hetero) is 1. The van der Waals surface area contributed by atoms with Gasteiger partial charge in [-0.15, -0.1) is 0 Å². The van der Waals surface area contributed by atoms with Crippen molar-refractivity contribution in [2.75, 3.05) is 31.1 Å². The minimum atomic E-state index is -3.66. The number of benzene rings is 2. The van der Waals surface area contributed by atoms with E-state index in [1.807, 2.05) is 36.9 Å². The van der Waals surface area contributed by atoms with E-state index in [4.69, 9.17) is 4.98 Å². The van der Waals surface area contributed by atoms with E-state index in [1.165, 1.54) is 35.5 Å². The number of sulfonamides is 1. The van der Waals surface area contributed by atoms with Crippen LogP contribution in [0.15, 0.2) is 47.4 Å². The summed E-state index contributed by atoms with van der Waals surface area (Å²) in [5.41, 5.74) is 4.06. The van der Waals surface area contributed by atoms with Crippen LogP contribution in [0.25, 0.3) is 10.9 Å². The number of nitrogens with zero attached hydrogens (tertiary/aromatic N) is 4. The number of carbonyl (C=O) groups is 1. The lowest BCUT2D eigenvalue weighted by Gasteiger charge is -2.35. The van der Waals surface area contributed by atoms with Crippen LogP contribution in [0, 0.1) is 25.2 Å². The standard InChI is InChI=1S/C24H24N4O3S/c1-16-12-20-14-21(15-25)24(26-23(20)13-17(16)2)27-8-10-28(11-9-27)32(30,31)22-6-4-19(5-7-22)18(3)29/h4-7,12-14H,8-11H2,1-3H3. The van der Waals surface area contributed by atoms with Gasteiger partial charge < -0.3 is 4.90 Å². The van der Waals surface area contributed by atoms with Crippen molar-refractivity contribution in [2.24, 2.45) is 0 Å². The van der Waals surface area contributed by atoms with Crippen molar-refractivity contribution in [1.29, 1.82) is 5.26 Å². The summed E-state index contributed by atoms with van der Waals surface area (Å²) in [5.74, 6) is 0.482. The van der Waals surface area contributed by atoms with Crippen LogP contribution in [0.4, 0.5) is 5.82 Å². The third kappa shape index (κ3) is 3.97. The van der Waals surface area contributed by atoms with Crippen molar-refractivity contribution < 1.29 is 13.2 Å². The molecule has 2 heterocycles. The number of piperazine rings is 1. The molecule has 0 spiro atoms. The molecule has 0 unspecified atom stereocenters. The maximum atomic E-state index is 13.0. The maximum Gasteiger partial charge on any atom is 0.243 e. The normalized spacial score (nSPS) is 15.0. The van der Waals surface area contributed by atoms with Crippen LogP contribution >= 0.6 is 0 Å². The monoisotopic (exact) mass is 448 g/mol. The van der Waals surface area contributed by atoms with Crippen molar-refractivity contribution in [3.8, 4) is 6.07 Å². The Labute approximate surface area is 188 Å². The van der Waals surface area contributed by atoms with Gasteiger partial charge in [0, 0.05) is 37.1 Å². The molecule has 0 atom stereocenters. The maximum absolute atomic E-state index is 13.0. The first kappa shape index (κ1) is 21.9. The van der Waals surface area contributed by atoms with E-state index < -0.39 is 10.0 Å². The topological polar surface area (TPSA) is 94.4 Å². The van der Waals surface area contributed by atoms with E-state index in [0.717, 1.165) is 22.0 Å². The zero-order valence-electron chi connectivity index (χ0n) is 18.3. The summed E-state index contributed by atoms with van der Waals surface area (Å²) in [6.45, 7) is 6.94. The molecule has 4 rings (SSSR count). The fourth-order valence-corrected chi connectivity index (χ4v) is 5.33. The number of aromatic nitrogens is 1. The van der Waals surface area contributed by atoms with Crippen molar-refractivity contribution in [2.45, 2.75) is 25.7 Å². The molecule has 1 saturated heterocycles. The second-order valence-corrected chi connectivity index (χ2v) is 10.0. The molecule has 164 valence electrons. The molecule has 0 bridgehead atoms. The summed E-state index contributed by atoms with van der Waals surface area (Å²) in [7, 11) is -3.66. The number of fused-ring (bicyclic) bond motifs is 1. The summed E-state index contributed by atoms with van der Waals surface area (Å²) >= 11 is 0. The van der Waals surface area contributed by atoms with Crippen LogP contribution in [-0.2, 0) is 10.0 Å². The Morgan fingerprint density at radius 1 is 1.00 bits per heavy atom. The van der Waals surface area contributed by atoms with Crippen LogP contribution < -0.4 is 4.90 Å². The minimum absolute atomic E-state index is 0.107. The largest absolute Gasteiger partial charge is 0.353 e. The predicted molar refractivity (Wildman–Crippen MR) is 123 cm³/mol. The molecule has 1 fully saturated rings. The number of aryl methyl sites for hydroxylation is 2. The molecular weight excluding hydrogens is 424 g/mol. The average molecular weight is 449 g/mol. The fourth-order valence-electron chi connectivity index (χ4n) is 3.90. The highest BCUT2D eigenvalue weighted by Gasteiger charge is 2.30. The van der Waals surface area contributed by atoms with Crippen molar-refractivity contribution >= 4 is 32.5 Å². The zero-order valence-corrected chi connectivity index (χ0v) is 19.1. The Bertz CT molecular complexity index is 1350. The van der Waals surface area contributed by atoms with Gasteiger partial charge in [-0.1, -0.05) is 12.1 Å². The van der Waals surface area contributed by atoms with E-state index in [9.17, 15) is 18.5 Å². The van der Waals surface area contributed by atoms with Crippen molar-refractivity contribution in [3.63, 3.8) is 0 Å². The number of nitriles is 1. The van der Waals surface area contributed by atoms with E-state index in [1.54, 1.807) is 0 Å². The second-order valence-electron chi connectivity index (χ2n) is 8.07. The van der Waals surface area contributed by atoms with E-state index in [-0.39, 0.29) is 23.8 Å². The van der Waals surface area contributed by atoms with Gasteiger partial charge in [0.15, 0.2) is 5.78 Å². The molecule has 1 aliphatic heterocycles. The Hall–Kier alpha value is -3.28. The van der Waals surface area contributed by atoms with Gasteiger partial charge in [0.2, 0.25) is 10.0 Å². The molecule has 0 N–H and O–H groups in total. The third-order valence-electron chi connectivity index (χ3n) is 5.97. The van der Waals surface area contributed by atoms with Gasteiger partial charge in [0.1, 0.15) is 11.9 Å². The van der Waals surface area contributed by atoms with Gasteiger partial charge in [0.05, 0.1) is 16.0 Å². The summed E-state index contributed by atoms with van der Waals surface area (Å²) < 4.78 is 27.5. The summed E-state index contributed by atoms with van der Waals surface area (Å²) in [4.78, 5) is 18.3. The van der Waals surface area contributed by atoms with Crippen LogP contribution in [0.5, 0.6) is 0 Å². The van der Waals surface area contributed by atoms with Crippen molar-refractivity contribution in [1.82, 2.24) is 9.29 Å². The molecule has 3 aromatic rings. The molecule has 1 aliphatic rings. The third-order valence-corrected chi connectivity index (χ3v) is 7.88. The number of hydrogen-bond acceptors (Lipinski definition) is 6. The molecule has 1 aromatic heterocycles. The van der Waals surface area contributed by atoms with Crippen LogP contribution in [0.3, 0.4) is 0 Å². The number of carbonyl (C=O) groups excluding carboxylic acids is 1. The van der Waals surface area contributed by atoms with Gasteiger partial charge in [-0.05, 0) is 62.2 Å². The van der Waals surface area contributed by atoms with Crippen molar-refractivity contribution in [3.05, 3.63) is 64.7 Å². The van der Waals surface area contributed by atoms with E-state index in [2.05, 4.69) is 6.07 Å². The lowest BCUT2D eigenvalue weighted by molar-refractivity contribution is 0.101. The number of anilines is 1. The van der Waals surface area contributed by atoms with Gasteiger partial charge in [-0.3, -0.25) is 4.79 Å². The van der Waals surface area contributed by atoms with E-state index >= 15 is 0 Å². The highest BCUT2D eigenvalue weighted by molar-refractivity contribution is 7.89. The highest BCUT2D eigenvalue weighted by Crippen LogP contribution is 2.27. The highest BCUT2D eigenvalue weighted by atomic mass is 32.2. The second kappa shape index (κ2) is 8.34. The Balaban J connectivity index is 1.57. The van der Waals surface area contributed by atoms with E-state index in [0.29, 0.717) is 30.0 Å².